The number of carbonyl (C=O) groups is 1. The molecule has 1 unspecified atom stereocenters. The molecule has 1 atom stereocenters. The van der Waals surface area contributed by atoms with Crippen molar-refractivity contribution in [1.29, 1.82) is 0 Å². The zero-order chi connectivity index (χ0) is 20.0. The highest BCUT2D eigenvalue weighted by atomic mass is 16.6. The minimum absolute atomic E-state index is 0.226. The van der Waals surface area contributed by atoms with Gasteiger partial charge in [-0.2, -0.15) is 0 Å². The van der Waals surface area contributed by atoms with E-state index in [-0.39, 0.29) is 12.2 Å². The van der Waals surface area contributed by atoms with Crippen LogP contribution in [-0.4, -0.2) is 25.3 Å². The molecule has 0 aromatic rings. The molecule has 0 heterocycles. The van der Waals surface area contributed by atoms with Crippen molar-refractivity contribution in [2.75, 3.05) is 13.1 Å². The van der Waals surface area contributed by atoms with E-state index < -0.39 is 0 Å². The Morgan fingerprint density at radius 1 is 0.889 bits per heavy atom. The molecule has 3 N–H and O–H groups in total. The second-order valence-corrected chi connectivity index (χ2v) is 7.57. The number of ether oxygens (including phenoxy) is 1. The Kier molecular flexibility index (Phi) is 20.7. The molecule has 0 fully saturated rings. The fourth-order valence-corrected chi connectivity index (χ4v) is 3.19. The average Bonchev–Trinajstić information content (AvgIpc) is 2.64. The highest BCUT2D eigenvalue weighted by Gasteiger charge is 2.09. The van der Waals surface area contributed by atoms with Gasteiger partial charge in [-0.3, -0.25) is 10.1 Å². The van der Waals surface area contributed by atoms with Gasteiger partial charge >= 0.3 is 5.97 Å². The molecule has 0 rings (SSSR count). The Morgan fingerprint density at radius 2 is 1.41 bits per heavy atom. The Balaban J connectivity index is 3.30. The monoisotopic (exact) mass is 382 g/mol. The van der Waals surface area contributed by atoms with E-state index in [1.165, 1.54) is 90.4 Å². The molecule has 0 spiro atoms. The Morgan fingerprint density at radius 3 is 1.93 bits per heavy atom. The minimum atomic E-state index is -0.248. The van der Waals surface area contributed by atoms with Crippen molar-refractivity contribution in [3.63, 3.8) is 0 Å². The van der Waals surface area contributed by atoms with Crippen molar-refractivity contribution in [3.05, 3.63) is 12.2 Å². The highest BCUT2D eigenvalue weighted by molar-refractivity contribution is 5.66. The van der Waals surface area contributed by atoms with Crippen molar-refractivity contribution < 1.29 is 9.53 Å². The summed E-state index contributed by atoms with van der Waals surface area (Å²) >= 11 is 0. The Labute approximate surface area is 168 Å². The number of nitrogens with one attached hydrogen (secondary N) is 1. The van der Waals surface area contributed by atoms with Gasteiger partial charge in [0, 0.05) is 13.3 Å². The molecule has 0 bridgehead atoms. The Bertz CT molecular complexity index is 345. The van der Waals surface area contributed by atoms with Crippen LogP contribution in [-0.2, 0) is 9.53 Å². The van der Waals surface area contributed by atoms with Crippen molar-refractivity contribution in [3.8, 4) is 0 Å². The predicted molar refractivity (Wildman–Crippen MR) is 117 cm³/mol. The third-order valence-electron chi connectivity index (χ3n) is 4.80. The van der Waals surface area contributed by atoms with E-state index in [1.807, 2.05) is 0 Å². The largest absolute Gasteiger partial charge is 0.447 e. The molecule has 27 heavy (non-hydrogen) atoms. The molecule has 0 aromatic heterocycles. The fourth-order valence-electron chi connectivity index (χ4n) is 3.19. The zero-order valence-electron chi connectivity index (χ0n) is 18.1. The maximum Gasteiger partial charge on any atom is 0.304 e. The normalized spacial score (nSPS) is 12.6. The van der Waals surface area contributed by atoms with Crippen LogP contribution >= 0.6 is 0 Å². The van der Waals surface area contributed by atoms with Gasteiger partial charge in [-0.05, 0) is 45.2 Å². The average molecular weight is 383 g/mol. The van der Waals surface area contributed by atoms with Crippen LogP contribution in [0.4, 0.5) is 0 Å². The maximum absolute atomic E-state index is 11.0. The van der Waals surface area contributed by atoms with Crippen LogP contribution in [0.3, 0.4) is 0 Å². The number of hydrogen-bond acceptors (Lipinski definition) is 4. The van der Waals surface area contributed by atoms with Gasteiger partial charge in [-0.15, -0.1) is 0 Å². The number of unbranched alkanes of at least 4 members (excludes halogenated alkanes) is 12. The number of rotatable bonds is 20. The van der Waals surface area contributed by atoms with E-state index in [2.05, 4.69) is 24.4 Å². The van der Waals surface area contributed by atoms with Gasteiger partial charge in [0.25, 0.3) is 0 Å². The topological polar surface area (TPSA) is 64.3 Å². The van der Waals surface area contributed by atoms with E-state index in [0.29, 0.717) is 13.0 Å². The second-order valence-electron chi connectivity index (χ2n) is 7.57. The first-order valence-corrected chi connectivity index (χ1v) is 11.5. The van der Waals surface area contributed by atoms with Crippen LogP contribution < -0.4 is 11.1 Å². The molecule has 0 amide bonds. The molecule has 0 aliphatic carbocycles. The van der Waals surface area contributed by atoms with Crippen LogP contribution in [0.25, 0.3) is 0 Å². The van der Waals surface area contributed by atoms with Crippen LogP contribution in [0.5, 0.6) is 0 Å². The second kappa shape index (κ2) is 21.4. The van der Waals surface area contributed by atoms with E-state index >= 15 is 0 Å². The van der Waals surface area contributed by atoms with Crippen LogP contribution in [0.15, 0.2) is 12.2 Å². The van der Waals surface area contributed by atoms with Crippen LogP contribution in [0, 0.1) is 0 Å². The number of esters is 1. The van der Waals surface area contributed by atoms with Crippen molar-refractivity contribution >= 4 is 5.97 Å². The SMILES string of the molecule is CCCCCCCC/C=C\CCCCCCCCNC(CCN)OC(C)=O. The summed E-state index contributed by atoms with van der Waals surface area (Å²) in [4.78, 5) is 11.0. The molecular formula is C23H46N2O2. The predicted octanol–water partition coefficient (Wildman–Crippen LogP) is 5.85. The van der Waals surface area contributed by atoms with Gasteiger partial charge in [-0.1, -0.05) is 76.9 Å². The molecule has 0 saturated heterocycles. The molecule has 4 heteroatoms. The lowest BCUT2D eigenvalue weighted by molar-refractivity contribution is -0.148. The molecule has 0 aliphatic rings. The fraction of sp³-hybridized carbons (Fsp3) is 0.870. The summed E-state index contributed by atoms with van der Waals surface area (Å²) in [6.45, 7) is 5.12. The lowest BCUT2D eigenvalue weighted by Gasteiger charge is -2.17. The van der Waals surface area contributed by atoms with Crippen molar-refractivity contribution in [1.82, 2.24) is 5.32 Å². The van der Waals surface area contributed by atoms with Gasteiger partial charge in [0.2, 0.25) is 0 Å². The van der Waals surface area contributed by atoms with Gasteiger partial charge in [0.1, 0.15) is 0 Å². The molecule has 160 valence electrons. The molecule has 4 nitrogen and oxygen atoms in total. The van der Waals surface area contributed by atoms with Gasteiger partial charge in [0.15, 0.2) is 6.23 Å². The number of allylic oxidation sites excluding steroid dienone is 2. The smallest absolute Gasteiger partial charge is 0.304 e. The third kappa shape index (κ3) is 21.3. The summed E-state index contributed by atoms with van der Waals surface area (Å²) in [6.07, 6.45) is 23.6. The maximum atomic E-state index is 11.0. The quantitative estimate of drug-likeness (QED) is 0.120. The van der Waals surface area contributed by atoms with E-state index in [0.717, 1.165) is 13.0 Å². The zero-order valence-corrected chi connectivity index (χ0v) is 18.1. The van der Waals surface area contributed by atoms with Crippen LogP contribution in [0.1, 0.15) is 110 Å². The molecule has 0 saturated carbocycles. The lowest BCUT2D eigenvalue weighted by Crippen LogP contribution is -2.35. The summed E-state index contributed by atoms with van der Waals surface area (Å²) in [5, 5.41) is 3.27. The van der Waals surface area contributed by atoms with Crippen molar-refractivity contribution in [2.24, 2.45) is 5.73 Å². The minimum Gasteiger partial charge on any atom is -0.447 e. The first-order valence-electron chi connectivity index (χ1n) is 11.5. The van der Waals surface area contributed by atoms with E-state index in [1.54, 1.807) is 0 Å². The highest BCUT2D eigenvalue weighted by Crippen LogP contribution is 2.10. The number of nitrogens with two attached hydrogens (primary N) is 1. The summed E-state index contributed by atoms with van der Waals surface area (Å²) in [7, 11) is 0. The summed E-state index contributed by atoms with van der Waals surface area (Å²) < 4.78 is 5.18. The van der Waals surface area contributed by atoms with E-state index in [9.17, 15) is 4.79 Å². The van der Waals surface area contributed by atoms with Crippen molar-refractivity contribution in [2.45, 2.75) is 116 Å². The van der Waals surface area contributed by atoms with Crippen LogP contribution in [0.2, 0.25) is 0 Å². The van der Waals surface area contributed by atoms with Gasteiger partial charge < -0.3 is 10.5 Å². The molecule has 0 radical (unpaired) electrons. The lowest BCUT2D eigenvalue weighted by atomic mass is 10.1. The number of carbonyl (C=O) groups excluding carboxylic acids is 1. The third-order valence-corrected chi connectivity index (χ3v) is 4.80. The summed E-state index contributed by atoms with van der Waals surface area (Å²) in [6, 6.07) is 0. The van der Waals surface area contributed by atoms with E-state index in [4.69, 9.17) is 10.5 Å². The van der Waals surface area contributed by atoms with Gasteiger partial charge in [0.05, 0.1) is 0 Å². The Hall–Kier alpha value is -0.870. The summed E-state index contributed by atoms with van der Waals surface area (Å²) in [5.41, 5.74) is 5.54. The van der Waals surface area contributed by atoms with Gasteiger partial charge in [-0.25, -0.2) is 0 Å². The summed E-state index contributed by atoms with van der Waals surface area (Å²) in [5.74, 6) is -0.248. The molecule has 0 aromatic carbocycles. The number of hydrogen-bond donors (Lipinski definition) is 2. The first-order chi connectivity index (χ1) is 13.2. The standard InChI is InChI=1S/C23H46N2O2/c1-3-4-5-6-7-8-9-10-11-12-13-14-15-16-17-18-21-25-23(19-20-24)27-22(2)26/h10-11,23,25H,3-9,12-21,24H2,1-2H3/b11-10-. The first kappa shape index (κ1) is 26.1. The molecular weight excluding hydrogens is 336 g/mol. The molecule has 0 aliphatic heterocycles.